The Labute approximate surface area is 61.1 Å². The van der Waals surface area contributed by atoms with Crippen molar-refractivity contribution in [2.75, 3.05) is 0 Å². The van der Waals surface area contributed by atoms with Gasteiger partial charge in [-0.1, -0.05) is 6.58 Å². The van der Waals surface area contributed by atoms with Gasteiger partial charge in [0.2, 0.25) is 0 Å². The summed E-state index contributed by atoms with van der Waals surface area (Å²) in [5.41, 5.74) is 11.2. The third-order valence-corrected chi connectivity index (χ3v) is 1.28. The maximum atomic E-state index is 10.4. The highest BCUT2D eigenvalue weighted by Gasteiger charge is 2.03. The van der Waals surface area contributed by atoms with Crippen LogP contribution in [0.4, 0.5) is 0 Å². The zero-order valence-corrected chi connectivity index (χ0v) is 6.26. The van der Waals surface area contributed by atoms with Gasteiger partial charge in [0, 0.05) is 18.2 Å². The second-order valence-corrected chi connectivity index (χ2v) is 2.42. The molecule has 0 aliphatic heterocycles. The van der Waals surface area contributed by atoms with Gasteiger partial charge in [-0.05, 0) is 13.3 Å². The van der Waals surface area contributed by atoms with E-state index in [1.165, 1.54) is 6.92 Å². The molecule has 10 heavy (non-hydrogen) atoms. The van der Waals surface area contributed by atoms with Crippen molar-refractivity contribution >= 4 is 5.78 Å². The molecule has 0 saturated heterocycles. The molecule has 0 fully saturated rings. The maximum Gasteiger partial charge on any atom is 0.129 e. The van der Waals surface area contributed by atoms with Crippen molar-refractivity contribution in [2.45, 2.75) is 25.8 Å². The monoisotopic (exact) mass is 142 g/mol. The Hall–Kier alpha value is -0.830. The van der Waals surface area contributed by atoms with Crippen LogP contribution in [0.15, 0.2) is 12.3 Å². The first kappa shape index (κ1) is 9.17. The smallest absolute Gasteiger partial charge is 0.129 e. The standard InChI is InChI=1S/C7H14N2O/c1-5(10)3-4-7(9)6(2)8/h7H,2-4,8-9H2,1H3/t7-/m1/s1. The normalized spacial score (nSPS) is 12.6. The second kappa shape index (κ2) is 4.06. The zero-order valence-electron chi connectivity index (χ0n) is 6.26. The van der Waals surface area contributed by atoms with Crippen LogP contribution in [0.25, 0.3) is 0 Å². The molecule has 0 amide bonds. The molecule has 0 unspecified atom stereocenters. The molecule has 1 atom stereocenters. The van der Waals surface area contributed by atoms with Crippen LogP contribution >= 0.6 is 0 Å². The molecular formula is C7H14N2O. The summed E-state index contributed by atoms with van der Waals surface area (Å²) in [6.45, 7) is 5.01. The van der Waals surface area contributed by atoms with Crippen LogP contribution in [0.1, 0.15) is 19.8 Å². The number of Topliss-reactive ketones (excluding diaryl/α,β-unsaturated/α-hetero) is 1. The van der Waals surface area contributed by atoms with Crippen molar-refractivity contribution in [3.63, 3.8) is 0 Å². The van der Waals surface area contributed by atoms with Crippen LogP contribution in [0.2, 0.25) is 0 Å². The van der Waals surface area contributed by atoms with E-state index in [1.807, 2.05) is 0 Å². The van der Waals surface area contributed by atoms with Crippen molar-refractivity contribution in [3.05, 3.63) is 12.3 Å². The molecule has 0 aliphatic rings. The Kier molecular flexibility index (Phi) is 3.72. The lowest BCUT2D eigenvalue weighted by molar-refractivity contribution is -0.117. The van der Waals surface area contributed by atoms with Crippen LogP contribution < -0.4 is 11.5 Å². The summed E-state index contributed by atoms with van der Waals surface area (Å²) >= 11 is 0. The van der Waals surface area contributed by atoms with Gasteiger partial charge in [0.05, 0.1) is 0 Å². The Bertz CT molecular complexity index is 143. The second-order valence-electron chi connectivity index (χ2n) is 2.42. The van der Waals surface area contributed by atoms with Crippen LogP contribution in [0.3, 0.4) is 0 Å². The van der Waals surface area contributed by atoms with Gasteiger partial charge in [-0.25, -0.2) is 0 Å². The van der Waals surface area contributed by atoms with E-state index >= 15 is 0 Å². The van der Waals surface area contributed by atoms with E-state index in [-0.39, 0.29) is 11.8 Å². The first-order valence-electron chi connectivity index (χ1n) is 3.23. The van der Waals surface area contributed by atoms with E-state index < -0.39 is 0 Å². The molecule has 0 bridgehead atoms. The summed E-state index contributed by atoms with van der Waals surface area (Å²) in [6, 6.07) is -0.233. The minimum Gasteiger partial charge on any atom is -0.401 e. The molecule has 3 nitrogen and oxygen atoms in total. The number of rotatable bonds is 4. The van der Waals surface area contributed by atoms with E-state index in [4.69, 9.17) is 11.5 Å². The quantitative estimate of drug-likeness (QED) is 0.587. The summed E-state index contributed by atoms with van der Waals surface area (Å²) in [7, 11) is 0. The molecule has 0 radical (unpaired) electrons. The highest BCUT2D eigenvalue weighted by molar-refractivity contribution is 5.75. The van der Waals surface area contributed by atoms with Gasteiger partial charge in [0.1, 0.15) is 5.78 Å². The lowest BCUT2D eigenvalue weighted by Crippen LogP contribution is -2.27. The fourth-order valence-electron chi connectivity index (χ4n) is 0.544. The van der Waals surface area contributed by atoms with Crippen LogP contribution in [0, 0.1) is 0 Å². The van der Waals surface area contributed by atoms with Crippen LogP contribution in [-0.4, -0.2) is 11.8 Å². The molecule has 0 heterocycles. The number of hydrogen-bond acceptors (Lipinski definition) is 3. The molecule has 0 aromatic rings. The average Bonchev–Trinajstić information content (AvgIpc) is 1.82. The molecular weight excluding hydrogens is 128 g/mol. The molecule has 58 valence electrons. The van der Waals surface area contributed by atoms with Gasteiger partial charge in [-0.3, -0.25) is 0 Å². The van der Waals surface area contributed by atoms with Gasteiger partial charge in [-0.2, -0.15) is 0 Å². The van der Waals surface area contributed by atoms with Gasteiger partial charge in [0.15, 0.2) is 0 Å². The van der Waals surface area contributed by atoms with Gasteiger partial charge >= 0.3 is 0 Å². The summed E-state index contributed by atoms with van der Waals surface area (Å²) in [5.74, 6) is 0.136. The van der Waals surface area contributed by atoms with Gasteiger partial charge in [-0.15, -0.1) is 0 Å². The summed E-state index contributed by atoms with van der Waals surface area (Å²) < 4.78 is 0. The van der Waals surface area contributed by atoms with Gasteiger partial charge < -0.3 is 16.3 Å². The summed E-state index contributed by atoms with van der Waals surface area (Å²) in [6.07, 6.45) is 1.09. The van der Waals surface area contributed by atoms with Crippen molar-refractivity contribution in [3.8, 4) is 0 Å². The van der Waals surface area contributed by atoms with E-state index in [0.717, 1.165) is 0 Å². The molecule has 0 aliphatic carbocycles. The van der Waals surface area contributed by atoms with Crippen LogP contribution in [-0.2, 0) is 4.79 Å². The first-order chi connectivity index (χ1) is 4.54. The topological polar surface area (TPSA) is 69.1 Å². The van der Waals surface area contributed by atoms with Crippen molar-refractivity contribution in [2.24, 2.45) is 11.5 Å². The molecule has 0 saturated carbocycles. The number of ketones is 1. The first-order valence-corrected chi connectivity index (χ1v) is 3.23. The Balaban J connectivity index is 3.49. The number of nitrogens with two attached hydrogens (primary N) is 2. The van der Waals surface area contributed by atoms with Crippen molar-refractivity contribution in [1.82, 2.24) is 0 Å². The summed E-state index contributed by atoms with van der Waals surface area (Å²) in [4.78, 5) is 10.4. The molecule has 0 aromatic carbocycles. The van der Waals surface area contributed by atoms with E-state index in [9.17, 15) is 4.79 Å². The highest BCUT2D eigenvalue weighted by atomic mass is 16.1. The predicted octanol–water partition coefficient (Wildman–Crippen LogP) is 0.155. The Morgan fingerprint density at radius 2 is 2.20 bits per heavy atom. The number of carbonyl (C=O) groups excluding carboxylic acids is 1. The maximum absolute atomic E-state index is 10.4. The number of carbonyl (C=O) groups is 1. The minimum atomic E-state index is -0.233. The third kappa shape index (κ3) is 4.09. The van der Waals surface area contributed by atoms with E-state index in [1.54, 1.807) is 0 Å². The van der Waals surface area contributed by atoms with Crippen molar-refractivity contribution < 1.29 is 4.79 Å². The fraction of sp³-hybridized carbons (Fsp3) is 0.571. The van der Waals surface area contributed by atoms with Gasteiger partial charge in [0.25, 0.3) is 0 Å². The lowest BCUT2D eigenvalue weighted by atomic mass is 10.1. The highest BCUT2D eigenvalue weighted by Crippen LogP contribution is 1.98. The van der Waals surface area contributed by atoms with E-state index in [0.29, 0.717) is 18.5 Å². The Morgan fingerprint density at radius 3 is 2.50 bits per heavy atom. The molecule has 0 aromatic heterocycles. The molecule has 0 spiro atoms. The largest absolute Gasteiger partial charge is 0.401 e. The Morgan fingerprint density at radius 1 is 1.70 bits per heavy atom. The van der Waals surface area contributed by atoms with Crippen LogP contribution in [0.5, 0.6) is 0 Å². The van der Waals surface area contributed by atoms with E-state index in [2.05, 4.69) is 6.58 Å². The fourth-order valence-corrected chi connectivity index (χ4v) is 0.544. The molecule has 4 N–H and O–H groups in total. The lowest BCUT2D eigenvalue weighted by Gasteiger charge is -2.08. The minimum absolute atomic E-state index is 0.136. The number of hydrogen-bond donors (Lipinski definition) is 2. The zero-order chi connectivity index (χ0) is 8.15. The molecule has 3 heteroatoms. The SMILES string of the molecule is C=C(N)[C@H](N)CCC(C)=O. The predicted molar refractivity (Wildman–Crippen MR) is 41.2 cm³/mol. The van der Waals surface area contributed by atoms with Crippen molar-refractivity contribution in [1.29, 1.82) is 0 Å². The third-order valence-electron chi connectivity index (χ3n) is 1.28. The average molecular weight is 142 g/mol. The molecule has 0 rings (SSSR count). The summed E-state index contributed by atoms with van der Waals surface area (Å²) in [5, 5.41) is 0.